The highest BCUT2D eigenvalue weighted by Gasteiger charge is 2.15. The van der Waals surface area contributed by atoms with Gasteiger partial charge in [-0.15, -0.1) is 0 Å². The van der Waals surface area contributed by atoms with Crippen molar-refractivity contribution in [2.24, 2.45) is 5.10 Å². The molecular formula is C22H22N4O4. The maximum atomic E-state index is 12.2. The van der Waals surface area contributed by atoms with Gasteiger partial charge in [-0.1, -0.05) is 6.07 Å². The Labute approximate surface area is 173 Å². The maximum Gasteiger partial charge on any atom is 0.271 e. The number of nitrogens with zero attached hydrogens (tertiary/aromatic N) is 3. The van der Waals surface area contributed by atoms with E-state index >= 15 is 0 Å². The molecule has 0 saturated heterocycles. The summed E-state index contributed by atoms with van der Waals surface area (Å²) in [5.74, 6) is 0.330. The van der Waals surface area contributed by atoms with Crippen LogP contribution >= 0.6 is 0 Å². The van der Waals surface area contributed by atoms with E-state index in [2.05, 4.69) is 10.5 Å². The summed E-state index contributed by atoms with van der Waals surface area (Å²) < 4.78 is 7.02. The van der Waals surface area contributed by atoms with Gasteiger partial charge >= 0.3 is 0 Å². The summed E-state index contributed by atoms with van der Waals surface area (Å²) in [5, 5.41) is 15.2. The number of methoxy groups -OCH3 is 1. The summed E-state index contributed by atoms with van der Waals surface area (Å²) in [6.07, 6.45) is 1.56. The van der Waals surface area contributed by atoms with Crippen LogP contribution < -0.4 is 10.2 Å². The van der Waals surface area contributed by atoms with Crippen molar-refractivity contribution in [2.45, 2.75) is 20.8 Å². The van der Waals surface area contributed by atoms with E-state index in [1.165, 1.54) is 6.07 Å². The Morgan fingerprint density at radius 3 is 2.47 bits per heavy atom. The standard InChI is InChI=1S/C22H22N4O4/c1-14-5-8-19(26(28)29)12-21(14)25-15(2)11-18(16(25)3)13-23-24-22(27)17-6-9-20(30-4)10-7-17/h5-13H,1-4H3,(H,24,27)/b23-13-. The Morgan fingerprint density at radius 2 is 1.83 bits per heavy atom. The van der Waals surface area contributed by atoms with Crippen LogP contribution in [-0.4, -0.2) is 28.7 Å². The fourth-order valence-electron chi connectivity index (χ4n) is 3.21. The van der Waals surface area contributed by atoms with E-state index < -0.39 is 4.92 Å². The third-order valence-electron chi connectivity index (χ3n) is 4.84. The van der Waals surface area contributed by atoms with Crippen molar-refractivity contribution >= 4 is 17.8 Å². The molecule has 0 unspecified atom stereocenters. The van der Waals surface area contributed by atoms with Gasteiger partial charge < -0.3 is 9.30 Å². The third-order valence-corrected chi connectivity index (χ3v) is 4.84. The molecule has 1 amide bonds. The third kappa shape index (κ3) is 4.22. The van der Waals surface area contributed by atoms with E-state index in [4.69, 9.17) is 4.74 Å². The fraction of sp³-hybridized carbons (Fsp3) is 0.182. The first-order valence-electron chi connectivity index (χ1n) is 9.23. The summed E-state index contributed by atoms with van der Waals surface area (Å²) in [7, 11) is 1.56. The number of aryl methyl sites for hydroxylation is 2. The fourth-order valence-corrected chi connectivity index (χ4v) is 3.21. The van der Waals surface area contributed by atoms with Crippen LogP contribution in [0.15, 0.2) is 53.6 Å². The molecule has 1 aromatic heterocycles. The molecular weight excluding hydrogens is 384 g/mol. The van der Waals surface area contributed by atoms with Crippen LogP contribution in [0.25, 0.3) is 5.69 Å². The van der Waals surface area contributed by atoms with Crippen LogP contribution in [0, 0.1) is 30.9 Å². The summed E-state index contributed by atoms with van der Waals surface area (Å²) in [6, 6.07) is 13.4. The van der Waals surface area contributed by atoms with E-state index in [1.807, 2.05) is 31.4 Å². The quantitative estimate of drug-likeness (QED) is 0.379. The van der Waals surface area contributed by atoms with Gasteiger partial charge in [0.25, 0.3) is 11.6 Å². The molecule has 3 rings (SSSR count). The molecule has 0 aliphatic rings. The van der Waals surface area contributed by atoms with Gasteiger partial charge in [0.1, 0.15) is 5.75 Å². The lowest BCUT2D eigenvalue weighted by molar-refractivity contribution is -0.384. The zero-order chi connectivity index (χ0) is 21.8. The zero-order valence-electron chi connectivity index (χ0n) is 17.2. The van der Waals surface area contributed by atoms with Crippen LogP contribution in [0.3, 0.4) is 0 Å². The molecule has 1 N–H and O–H groups in total. The summed E-state index contributed by atoms with van der Waals surface area (Å²) in [5.41, 5.74) is 7.22. The number of amides is 1. The number of hydrogen-bond acceptors (Lipinski definition) is 5. The molecule has 2 aromatic carbocycles. The topological polar surface area (TPSA) is 98.8 Å². The second kappa shape index (κ2) is 8.60. The molecule has 0 aliphatic carbocycles. The first-order valence-corrected chi connectivity index (χ1v) is 9.23. The number of carbonyl (C=O) groups excluding carboxylic acids is 1. The molecule has 3 aromatic rings. The predicted molar refractivity (Wildman–Crippen MR) is 115 cm³/mol. The van der Waals surface area contributed by atoms with Crippen LogP contribution in [0.5, 0.6) is 5.75 Å². The lowest BCUT2D eigenvalue weighted by Crippen LogP contribution is -2.17. The lowest BCUT2D eigenvalue weighted by Gasteiger charge is -2.12. The zero-order valence-corrected chi connectivity index (χ0v) is 17.2. The van der Waals surface area contributed by atoms with E-state index in [9.17, 15) is 14.9 Å². The van der Waals surface area contributed by atoms with Crippen LogP contribution in [0.4, 0.5) is 5.69 Å². The van der Waals surface area contributed by atoms with Gasteiger partial charge in [0.05, 0.1) is 23.9 Å². The number of carbonyl (C=O) groups is 1. The van der Waals surface area contributed by atoms with Crippen molar-refractivity contribution in [3.05, 3.63) is 86.7 Å². The molecule has 0 saturated carbocycles. The number of rotatable bonds is 6. The van der Waals surface area contributed by atoms with Gasteiger partial charge in [-0.3, -0.25) is 14.9 Å². The first-order chi connectivity index (χ1) is 14.3. The monoisotopic (exact) mass is 406 g/mol. The van der Waals surface area contributed by atoms with Gasteiger partial charge in [-0.2, -0.15) is 5.10 Å². The van der Waals surface area contributed by atoms with Crippen molar-refractivity contribution in [3.8, 4) is 11.4 Å². The molecule has 0 aliphatic heterocycles. The van der Waals surface area contributed by atoms with Gasteiger partial charge in [0.2, 0.25) is 0 Å². The highest BCUT2D eigenvalue weighted by molar-refractivity contribution is 5.95. The number of hydrazone groups is 1. The number of aromatic nitrogens is 1. The Hall–Kier alpha value is -3.94. The first kappa shape index (κ1) is 20.8. The van der Waals surface area contributed by atoms with Gasteiger partial charge in [0.15, 0.2) is 0 Å². The smallest absolute Gasteiger partial charge is 0.271 e. The Kier molecular flexibility index (Phi) is 5.96. The summed E-state index contributed by atoms with van der Waals surface area (Å²) in [4.78, 5) is 23.0. The van der Waals surface area contributed by atoms with Crippen molar-refractivity contribution in [1.29, 1.82) is 0 Å². The van der Waals surface area contributed by atoms with Crippen molar-refractivity contribution < 1.29 is 14.5 Å². The minimum Gasteiger partial charge on any atom is -0.497 e. The maximum absolute atomic E-state index is 12.2. The minimum absolute atomic E-state index is 0.0325. The number of nitro groups is 1. The average molecular weight is 406 g/mol. The Balaban J connectivity index is 1.83. The number of nitrogens with one attached hydrogen (secondary N) is 1. The van der Waals surface area contributed by atoms with Gasteiger partial charge in [-0.25, -0.2) is 5.43 Å². The molecule has 0 atom stereocenters. The average Bonchev–Trinajstić information content (AvgIpc) is 3.01. The Morgan fingerprint density at radius 1 is 1.13 bits per heavy atom. The normalized spacial score (nSPS) is 10.9. The van der Waals surface area contributed by atoms with E-state index in [-0.39, 0.29) is 11.6 Å². The van der Waals surface area contributed by atoms with Crippen LogP contribution in [0.1, 0.15) is 32.9 Å². The van der Waals surface area contributed by atoms with Crippen molar-refractivity contribution in [2.75, 3.05) is 7.11 Å². The molecule has 0 fully saturated rings. The Bertz CT molecular complexity index is 1130. The summed E-state index contributed by atoms with van der Waals surface area (Å²) in [6.45, 7) is 5.72. The molecule has 8 nitrogen and oxygen atoms in total. The van der Waals surface area contributed by atoms with Crippen LogP contribution in [0.2, 0.25) is 0 Å². The second-order valence-corrected chi connectivity index (χ2v) is 6.82. The van der Waals surface area contributed by atoms with E-state index in [0.29, 0.717) is 11.3 Å². The van der Waals surface area contributed by atoms with Gasteiger partial charge in [-0.05, 0) is 56.7 Å². The molecule has 30 heavy (non-hydrogen) atoms. The SMILES string of the molecule is COc1ccc(C(=O)N/N=C\c2cc(C)n(-c3cc([N+](=O)[O-])ccc3C)c2C)cc1. The molecule has 0 spiro atoms. The highest BCUT2D eigenvalue weighted by Crippen LogP contribution is 2.26. The number of ether oxygens (including phenoxy) is 1. The van der Waals surface area contributed by atoms with Crippen molar-refractivity contribution in [3.63, 3.8) is 0 Å². The molecule has 8 heteroatoms. The molecule has 0 bridgehead atoms. The van der Waals surface area contributed by atoms with Gasteiger partial charge in [0, 0.05) is 34.6 Å². The predicted octanol–water partition coefficient (Wildman–Crippen LogP) is 4.08. The van der Waals surface area contributed by atoms with Crippen LogP contribution in [-0.2, 0) is 0 Å². The lowest BCUT2D eigenvalue weighted by atomic mass is 10.1. The number of benzene rings is 2. The number of hydrogen-bond donors (Lipinski definition) is 1. The highest BCUT2D eigenvalue weighted by atomic mass is 16.6. The minimum atomic E-state index is -0.409. The molecule has 154 valence electrons. The number of non-ortho nitro benzene ring substituents is 1. The van der Waals surface area contributed by atoms with Crippen molar-refractivity contribution in [1.82, 2.24) is 9.99 Å². The van der Waals surface area contributed by atoms with E-state index in [1.54, 1.807) is 49.7 Å². The van der Waals surface area contributed by atoms with E-state index in [0.717, 1.165) is 28.2 Å². The number of nitro benzene ring substituents is 1. The second-order valence-electron chi connectivity index (χ2n) is 6.82. The molecule has 0 radical (unpaired) electrons. The largest absolute Gasteiger partial charge is 0.497 e. The molecule has 1 heterocycles. The summed E-state index contributed by atoms with van der Waals surface area (Å²) >= 11 is 0.